The molecule has 0 saturated heterocycles. The summed E-state index contributed by atoms with van der Waals surface area (Å²) >= 11 is 0. The molecule has 0 bridgehead atoms. The minimum Gasteiger partial charge on any atom is -0.369 e. The van der Waals surface area contributed by atoms with Crippen LogP contribution in [0.2, 0.25) is 0 Å². The first-order valence-electron chi connectivity index (χ1n) is 5.85. The van der Waals surface area contributed by atoms with Gasteiger partial charge >= 0.3 is 0 Å². The average Bonchev–Trinajstić information content (AvgIpc) is 2.14. The van der Waals surface area contributed by atoms with Gasteiger partial charge < -0.3 is 17.2 Å². The van der Waals surface area contributed by atoms with E-state index in [1.54, 1.807) is 20.8 Å². The predicted molar refractivity (Wildman–Crippen MR) is 65.8 cm³/mol. The molecular formula is C12H21N3O3. The van der Waals surface area contributed by atoms with Crippen LogP contribution in [-0.4, -0.2) is 17.7 Å². The molecular weight excluding hydrogens is 234 g/mol. The molecule has 0 aliphatic heterocycles. The van der Waals surface area contributed by atoms with Crippen LogP contribution in [0.25, 0.3) is 0 Å². The van der Waals surface area contributed by atoms with Crippen molar-refractivity contribution in [2.45, 2.75) is 40.0 Å². The van der Waals surface area contributed by atoms with E-state index in [9.17, 15) is 14.4 Å². The second-order valence-corrected chi connectivity index (χ2v) is 6.31. The van der Waals surface area contributed by atoms with Gasteiger partial charge in [0.25, 0.3) is 0 Å². The van der Waals surface area contributed by atoms with Gasteiger partial charge in [-0.25, -0.2) is 0 Å². The van der Waals surface area contributed by atoms with Gasteiger partial charge in [-0.15, -0.1) is 0 Å². The molecule has 1 fully saturated rings. The van der Waals surface area contributed by atoms with Gasteiger partial charge in [0.2, 0.25) is 17.7 Å². The highest BCUT2D eigenvalue weighted by Crippen LogP contribution is 2.54. The average molecular weight is 255 g/mol. The highest BCUT2D eigenvalue weighted by molar-refractivity contribution is 5.89. The summed E-state index contributed by atoms with van der Waals surface area (Å²) in [7, 11) is 0. The second-order valence-electron chi connectivity index (χ2n) is 6.31. The summed E-state index contributed by atoms with van der Waals surface area (Å²) in [6.07, 6.45) is 0.731. The summed E-state index contributed by atoms with van der Waals surface area (Å²) in [5, 5.41) is 0. The molecule has 0 unspecified atom stereocenters. The maximum Gasteiger partial charge on any atom is 0.223 e. The van der Waals surface area contributed by atoms with Crippen LogP contribution in [-0.2, 0) is 14.4 Å². The molecule has 1 rings (SSSR count). The molecule has 6 nitrogen and oxygen atoms in total. The zero-order valence-electron chi connectivity index (χ0n) is 11.1. The van der Waals surface area contributed by atoms with Crippen molar-refractivity contribution in [3.63, 3.8) is 0 Å². The van der Waals surface area contributed by atoms with Crippen LogP contribution in [0, 0.1) is 16.2 Å². The highest BCUT2D eigenvalue weighted by Gasteiger charge is 2.55. The Morgan fingerprint density at radius 3 is 0.944 bits per heavy atom. The molecule has 6 heteroatoms. The van der Waals surface area contributed by atoms with E-state index in [0.29, 0.717) is 0 Å². The normalized spacial score (nSPS) is 40.2. The standard InChI is InChI=1S/C12H21N3O3/c1-10(7(13)16)4-11(2,8(14)17)6-12(3,5-10)9(15)18/h4-6H2,1-3H3,(H2,13,16)(H2,14,17)(H2,15,18). The topological polar surface area (TPSA) is 129 Å². The molecule has 0 aromatic rings. The largest absolute Gasteiger partial charge is 0.369 e. The van der Waals surface area contributed by atoms with E-state index in [1.807, 2.05) is 0 Å². The first kappa shape index (κ1) is 14.5. The molecule has 0 aromatic heterocycles. The maximum atomic E-state index is 11.6. The molecule has 3 amide bonds. The summed E-state index contributed by atoms with van der Waals surface area (Å²) in [5.74, 6) is -1.62. The Morgan fingerprint density at radius 1 is 0.667 bits per heavy atom. The minimum atomic E-state index is -0.953. The van der Waals surface area contributed by atoms with Crippen molar-refractivity contribution in [1.82, 2.24) is 0 Å². The minimum absolute atomic E-state index is 0.244. The van der Waals surface area contributed by atoms with Crippen LogP contribution in [0.5, 0.6) is 0 Å². The van der Waals surface area contributed by atoms with Gasteiger partial charge in [-0.2, -0.15) is 0 Å². The fourth-order valence-electron chi connectivity index (χ4n) is 3.29. The summed E-state index contributed by atoms with van der Waals surface area (Å²) in [4.78, 5) is 34.8. The number of rotatable bonds is 3. The molecule has 0 atom stereocenters. The van der Waals surface area contributed by atoms with Gasteiger partial charge in [-0.05, 0) is 19.3 Å². The quantitative estimate of drug-likeness (QED) is 0.637. The third kappa shape index (κ3) is 2.19. The van der Waals surface area contributed by atoms with Gasteiger partial charge in [-0.1, -0.05) is 20.8 Å². The SMILES string of the molecule is CC1(C(N)=O)CC(C)(C(N)=O)CC(C)(C(N)=O)C1. The van der Waals surface area contributed by atoms with Crippen molar-refractivity contribution >= 4 is 17.7 Å². The van der Waals surface area contributed by atoms with Crippen molar-refractivity contribution in [1.29, 1.82) is 0 Å². The lowest BCUT2D eigenvalue weighted by Gasteiger charge is -2.48. The van der Waals surface area contributed by atoms with E-state index in [2.05, 4.69) is 0 Å². The maximum absolute atomic E-state index is 11.6. The summed E-state index contributed by atoms with van der Waals surface area (Å²) in [6, 6.07) is 0. The van der Waals surface area contributed by atoms with Gasteiger partial charge in [0.15, 0.2) is 0 Å². The van der Waals surface area contributed by atoms with E-state index in [1.165, 1.54) is 0 Å². The lowest BCUT2D eigenvalue weighted by molar-refractivity contribution is -0.149. The molecule has 1 aliphatic carbocycles. The lowest BCUT2D eigenvalue weighted by atomic mass is 9.54. The van der Waals surface area contributed by atoms with Gasteiger partial charge in [0, 0.05) is 16.2 Å². The fourth-order valence-corrected chi connectivity index (χ4v) is 3.29. The van der Waals surface area contributed by atoms with Crippen molar-refractivity contribution in [2.75, 3.05) is 0 Å². The zero-order valence-corrected chi connectivity index (χ0v) is 11.1. The smallest absolute Gasteiger partial charge is 0.223 e. The van der Waals surface area contributed by atoms with Crippen molar-refractivity contribution in [3.8, 4) is 0 Å². The Bertz CT molecular complexity index is 349. The summed E-state index contributed by atoms with van der Waals surface area (Å²) in [5.41, 5.74) is 13.3. The number of carbonyl (C=O) groups excluding carboxylic acids is 3. The fraction of sp³-hybridized carbons (Fsp3) is 0.750. The van der Waals surface area contributed by atoms with E-state index in [0.717, 1.165) is 0 Å². The molecule has 1 aliphatic rings. The second kappa shape index (κ2) is 3.96. The molecule has 6 N–H and O–H groups in total. The monoisotopic (exact) mass is 255 g/mol. The van der Waals surface area contributed by atoms with Gasteiger partial charge in [-0.3, -0.25) is 14.4 Å². The molecule has 18 heavy (non-hydrogen) atoms. The summed E-state index contributed by atoms with van der Waals surface area (Å²) < 4.78 is 0. The first-order valence-corrected chi connectivity index (χ1v) is 5.85. The number of amides is 3. The van der Waals surface area contributed by atoms with Crippen LogP contribution in [0.3, 0.4) is 0 Å². The third-order valence-corrected chi connectivity index (χ3v) is 4.13. The number of hydrogen-bond donors (Lipinski definition) is 3. The molecule has 0 spiro atoms. The van der Waals surface area contributed by atoms with Crippen LogP contribution in [0.4, 0.5) is 0 Å². The van der Waals surface area contributed by atoms with Crippen molar-refractivity contribution in [2.24, 2.45) is 33.4 Å². The van der Waals surface area contributed by atoms with Gasteiger partial charge in [0.05, 0.1) is 0 Å². The Kier molecular flexibility index (Phi) is 3.19. The summed E-state index contributed by atoms with van der Waals surface area (Å²) in [6.45, 7) is 4.95. The highest BCUT2D eigenvalue weighted by atomic mass is 16.2. The van der Waals surface area contributed by atoms with Crippen LogP contribution in [0.15, 0.2) is 0 Å². The van der Waals surface area contributed by atoms with E-state index in [4.69, 9.17) is 17.2 Å². The van der Waals surface area contributed by atoms with Crippen LogP contribution < -0.4 is 17.2 Å². The number of carbonyl (C=O) groups is 3. The lowest BCUT2D eigenvalue weighted by Crippen LogP contribution is -2.55. The predicted octanol–water partition coefficient (Wildman–Crippen LogP) is -0.355. The van der Waals surface area contributed by atoms with Crippen LogP contribution >= 0.6 is 0 Å². The first-order chi connectivity index (χ1) is 7.95. The van der Waals surface area contributed by atoms with Gasteiger partial charge in [0.1, 0.15) is 0 Å². The van der Waals surface area contributed by atoms with Crippen molar-refractivity contribution < 1.29 is 14.4 Å². The Balaban J connectivity index is 3.28. The molecule has 0 radical (unpaired) electrons. The molecule has 1 saturated carbocycles. The third-order valence-electron chi connectivity index (χ3n) is 4.13. The van der Waals surface area contributed by atoms with E-state index < -0.39 is 34.0 Å². The molecule has 102 valence electrons. The number of primary amides is 3. The van der Waals surface area contributed by atoms with Crippen LogP contribution in [0.1, 0.15) is 40.0 Å². The Labute approximate surface area is 106 Å². The molecule has 0 aromatic carbocycles. The Hall–Kier alpha value is -1.59. The van der Waals surface area contributed by atoms with E-state index >= 15 is 0 Å². The van der Waals surface area contributed by atoms with E-state index in [-0.39, 0.29) is 19.3 Å². The number of nitrogens with two attached hydrogens (primary N) is 3. The molecule has 0 heterocycles. The Morgan fingerprint density at radius 2 is 0.833 bits per heavy atom. The zero-order chi connectivity index (χ0) is 14.4. The van der Waals surface area contributed by atoms with Crippen molar-refractivity contribution in [3.05, 3.63) is 0 Å². The number of hydrogen-bond acceptors (Lipinski definition) is 3.